The van der Waals surface area contributed by atoms with Gasteiger partial charge in [0.05, 0.1) is 4.92 Å². The lowest BCUT2D eigenvalue weighted by Crippen LogP contribution is -2.48. The number of carbonyl (C=O) groups excluding carboxylic acids is 1. The second-order valence-corrected chi connectivity index (χ2v) is 7.73. The zero-order chi connectivity index (χ0) is 19.7. The first kappa shape index (κ1) is 18.5. The highest BCUT2D eigenvalue weighted by atomic mass is 16.6. The number of nitro groups is 1. The fourth-order valence-electron chi connectivity index (χ4n) is 4.47. The average Bonchev–Trinajstić information content (AvgIpc) is 2.73. The SMILES string of the molecule is CC1CCc2ccccc2N1C(=O)C1CCN(c2ccccc2[N+](=O)[O-])CC1. The number of nitrogens with zero attached hydrogens (tertiary/aromatic N) is 3. The molecule has 6 heteroatoms. The van der Waals surface area contributed by atoms with Crippen LogP contribution in [0.25, 0.3) is 0 Å². The molecule has 1 atom stereocenters. The summed E-state index contributed by atoms with van der Waals surface area (Å²) in [7, 11) is 0. The number of fused-ring (bicyclic) bond motifs is 1. The van der Waals surface area contributed by atoms with E-state index in [1.807, 2.05) is 34.1 Å². The second-order valence-electron chi connectivity index (χ2n) is 7.73. The van der Waals surface area contributed by atoms with E-state index in [-0.39, 0.29) is 28.5 Å². The third kappa shape index (κ3) is 3.35. The van der Waals surface area contributed by atoms with Crippen LogP contribution in [-0.2, 0) is 11.2 Å². The highest BCUT2D eigenvalue weighted by Gasteiger charge is 2.35. The quantitative estimate of drug-likeness (QED) is 0.593. The van der Waals surface area contributed by atoms with Crippen molar-refractivity contribution >= 4 is 23.0 Å². The van der Waals surface area contributed by atoms with Gasteiger partial charge in [-0.1, -0.05) is 30.3 Å². The third-order valence-corrected chi connectivity index (χ3v) is 6.02. The molecule has 0 N–H and O–H groups in total. The molecule has 2 aliphatic heterocycles. The summed E-state index contributed by atoms with van der Waals surface area (Å²) in [5, 5.41) is 11.3. The maximum atomic E-state index is 13.3. The lowest BCUT2D eigenvalue weighted by Gasteiger charge is -2.40. The largest absolute Gasteiger partial charge is 0.366 e. The Morgan fingerprint density at radius 3 is 2.36 bits per heavy atom. The van der Waals surface area contributed by atoms with E-state index in [9.17, 15) is 14.9 Å². The Labute approximate surface area is 164 Å². The molecule has 1 saturated heterocycles. The number of amides is 1. The zero-order valence-corrected chi connectivity index (χ0v) is 16.1. The number of benzene rings is 2. The average molecular weight is 379 g/mol. The molecule has 0 spiro atoms. The molecular weight excluding hydrogens is 354 g/mol. The fourth-order valence-corrected chi connectivity index (χ4v) is 4.47. The van der Waals surface area contributed by atoms with Crippen LogP contribution in [-0.4, -0.2) is 30.0 Å². The summed E-state index contributed by atoms with van der Waals surface area (Å²) >= 11 is 0. The van der Waals surface area contributed by atoms with Crippen LogP contribution in [0.5, 0.6) is 0 Å². The first-order valence-corrected chi connectivity index (χ1v) is 9.95. The molecule has 2 heterocycles. The molecule has 0 radical (unpaired) electrons. The number of anilines is 2. The van der Waals surface area contributed by atoms with E-state index < -0.39 is 0 Å². The van der Waals surface area contributed by atoms with Gasteiger partial charge in [-0.15, -0.1) is 0 Å². The van der Waals surface area contributed by atoms with Crippen molar-refractivity contribution in [1.29, 1.82) is 0 Å². The summed E-state index contributed by atoms with van der Waals surface area (Å²) < 4.78 is 0. The van der Waals surface area contributed by atoms with E-state index in [1.165, 1.54) is 5.56 Å². The van der Waals surface area contributed by atoms with Crippen LogP contribution in [0.15, 0.2) is 48.5 Å². The monoisotopic (exact) mass is 379 g/mol. The summed E-state index contributed by atoms with van der Waals surface area (Å²) in [6.45, 7) is 3.44. The number of para-hydroxylation sites is 3. The van der Waals surface area contributed by atoms with Gasteiger partial charge in [-0.05, 0) is 50.3 Å². The highest BCUT2D eigenvalue weighted by molar-refractivity contribution is 5.97. The van der Waals surface area contributed by atoms with Crippen LogP contribution in [0.1, 0.15) is 31.7 Å². The Morgan fingerprint density at radius 1 is 1.00 bits per heavy atom. The number of piperidine rings is 1. The van der Waals surface area contributed by atoms with Crippen molar-refractivity contribution < 1.29 is 9.72 Å². The summed E-state index contributed by atoms with van der Waals surface area (Å²) in [6, 6.07) is 15.2. The number of carbonyl (C=O) groups is 1. The number of hydrogen-bond donors (Lipinski definition) is 0. The molecule has 6 nitrogen and oxygen atoms in total. The Balaban J connectivity index is 1.49. The summed E-state index contributed by atoms with van der Waals surface area (Å²) in [6.07, 6.45) is 3.43. The predicted molar refractivity (Wildman–Crippen MR) is 110 cm³/mol. The molecular formula is C22H25N3O3. The maximum Gasteiger partial charge on any atom is 0.292 e. The maximum absolute atomic E-state index is 13.3. The minimum atomic E-state index is -0.334. The molecule has 0 aromatic heterocycles. The van der Waals surface area contributed by atoms with Gasteiger partial charge in [0.25, 0.3) is 5.69 Å². The lowest BCUT2D eigenvalue weighted by molar-refractivity contribution is -0.384. The molecule has 4 rings (SSSR count). The second kappa shape index (κ2) is 7.62. The van der Waals surface area contributed by atoms with Gasteiger partial charge in [0.15, 0.2) is 0 Å². The number of rotatable bonds is 3. The van der Waals surface area contributed by atoms with E-state index in [0.29, 0.717) is 18.8 Å². The van der Waals surface area contributed by atoms with Crippen molar-refractivity contribution in [2.45, 2.75) is 38.6 Å². The van der Waals surface area contributed by atoms with Gasteiger partial charge in [-0.2, -0.15) is 0 Å². The number of nitro benzene ring substituents is 1. The van der Waals surface area contributed by atoms with Crippen LogP contribution in [0.2, 0.25) is 0 Å². The van der Waals surface area contributed by atoms with E-state index in [2.05, 4.69) is 13.0 Å². The zero-order valence-electron chi connectivity index (χ0n) is 16.1. The first-order chi connectivity index (χ1) is 13.6. The predicted octanol–water partition coefficient (Wildman–Crippen LogP) is 4.18. The van der Waals surface area contributed by atoms with Gasteiger partial charge in [-0.3, -0.25) is 14.9 Å². The van der Waals surface area contributed by atoms with Gasteiger partial charge in [0.1, 0.15) is 5.69 Å². The summed E-state index contributed by atoms with van der Waals surface area (Å²) in [5.74, 6) is 0.162. The topological polar surface area (TPSA) is 66.7 Å². The van der Waals surface area contributed by atoms with Gasteiger partial charge in [0.2, 0.25) is 5.91 Å². The van der Waals surface area contributed by atoms with Crippen molar-refractivity contribution in [3.05, 3.63) is 64.2 Å². The molecule has 2 aromatic carbocycles. The molecule has 146 valence electrons. The standard InChI is InChI=1S/C22H25N3O3/c1-16-10-11-17-6-2-3-7-19(17)24(16)22(26)18-12-14-23(15-13-18)20-8-4-5-9-21(20)25(27)28/h2-9,16,18H,10-15H2,1H3. The van der Waals surface area contributed by atoms with Crippen LogP contribution in [0.4, 0.5) is 17.1 Å². The van der Waals surface area contributed by atoms with Crippen molar-refractivity contribution in [2.75, 3.05) is 22.9 Å². The Morgan fingerprint density at radius 2 is 1.64 bits per heavy atom. The normalized spacial score (nSPS) is 20.0. The molecule has 28 heavy (non-hydrogen) atoms. The van der Waals surface area contributed by atoms with Gasteiger partial charge >= 0.3 is 0 Å². The molecule has 1 unspecified atom stereocenters. The van der Waals surface area contributed by atoms with Crippen LogP contribution < -0.4 is 9.80 Å². The minimum absolute atomic E-state index is 0.0346. The molecule has 1 fully saturated rings. The van der Waals surface area contributed by atoms with Crippen LogP contribution in [0.3, 0.4) is 0 Å². The van der Waals surface area contributed by atoms with Crippen molar-refractivity contribution in [1.82, 2.24) is 0 Å². The Bertz CT molecular complexity index is 890. The molecule has 1 amide bonds. The number of hydrogen-bond acceptors (Lipinski definition) is 4. The Kier molecular flexibility index (Phi) is 5.03. The highest BCUT2D eigenvalue weighted by Crippen LogP contribution is 2.35. The lowest BCUT2D eigenvalue weighted by atomic mass is 9.90. The van der Waals surface area contributed by atoms with Gasteiger partial charge in [-0.25, -0.2) is 0 Å². The van der Waals surface area contributed by atoms with Crippen molar-refractivity contribution in [3.63, 3.8) is 0 Å². The van der Waals surface area contributed by atoms with Gasteiger partial charge in [0, 0.05) is 36.8 Å². The van der Waals surface area contributed by atoms with Gasteiger partial charge < -0.3 is 9.80 Å². The number of aryl methyl sites for hydroxylation is 1. The summed E-state index contributed by atoms with van der Waals surface area (Å²) in [4.78, 5) is 28.4. The first-order valence-electron chi connectivity index (χ1n) is 9.95. The molecule has 0 bridgehead atoms. The molecule has 2 aliphatic rings. The van der Waals surface area contributed by atoms with Crippen LogP contribution >= 0.6 is 0 Å². The Hall–Kier alpha value is -2.89. The molecule has 0 saturated carbocycles. The minimum Gasteiger partial charge on any atom is -0.366 e. The van der Waals surface area contributed by atoms with Crippen molar-refractivity contribution in [2.24, 2.45) is 5.92 Å². The molecule has 2 aromatic rings. The third-order valence-electron chi connectivity index (χ3n) is 6.02. The van der Waals surface area contributed by atoms with E-state index in [0.717, 1.165) is 31.4 Å². The smallest absolute Gasteiger partial charge is 0.292 e. The fraction of sp³-hybridized carbons (Fsp3) is 0.409. The van der Waals surface area contributed by atoms with Crippen LogP contribution in [0, 0.1) is 16.0 Å². The molecule has 0 aliphatic carbocycles. The van der Waals surface area contributed by atoms with E-state index >= 15 is 0 Å². The van der Waals surface area contributed by atoms with E-state index in [4.69, 9.17) is 0 Å². The summed E-state index contributed by atoms with van der Waals surface area (Å²) in [5.41, 5.74) is 3.07. The van der Waals surface area contributed by atoms with E-state index in [1.54, 1.807) is 18.2 Å². The van der Waals surface area contributed by atoms with Crippen molar-refractivity contribution in [3.8, 4) is 0 Å².